The van der Waals surface area contributed by atoms with E-state index in [9.17, 15) is 8.42 Å². The van der Waals surface area contributed by atoms with Gasteiger partial charge in [-0.2, -0.15) is 8.42 Å². The Labute approximate surface area is 156 Å². The van der Waals surface area contributed by atoms with Gasteiger partial charge < -0.3 is 0 Å². The topological polar surface area (TPSA) is 78.4 Å². The molecule has 0 radical (unpaired) electrons. The summed E-state index contributed by atoms with van der Waals surface area (Å²) in [6.45, 7) is 8.32. The van der Waals surface area contributed by atoms with Gasteiger partial charge in [0.2, 0.25) is 0 Å². The van der Waals surface area contributed by atoms with Gasteiger partial charge in [-0.3, -0.25) is 15.2 Å². The minimum absolute atomic E-state index is 0.0278. The van der Waals surface area contributed by atoms with Crippen LogP contribution in [0.1, 0.15) is 25.0 Å². The monoisotopic (exact) mass is 376 g/mol. The van der Waals surface area contributed by atoms with Crippen molar-refractivity contribution < 1.29 is 13.0 Å². The number of rotatable bonds is 4. The van der Waals surface area contributed by atoms with Crippen LogP contribution in [0.4, 0.5) is 0 Å². The van der Waals surface area contributed by atoms with E-state index in [-0.39, 0.29) is 10.6 Å². The largest absolute Gasteiger partial charge is 0.298 e. The summed E-state index contributed by atoms with van der Waals surface area (Å²) in [5, 5.41) is 7.21. The van der Waals surface area contributed by atoms with Gasteiger partial charge in [0.05, 0.1) is 10.6 Å². The number of benzene rings is 2. The van der Waals surface area contributed by atoms with Gasteiger partial charge >= 0.3 is 0 Å². The fourth-order valence-electron chi connectivity index (χ4n) is 3.13. The molecule has 0 saturated carbocycles. The highest BCUT2D eigenvalue weighted by Gasteiger charge is 2.35. The maximum absolute atomic E-state index is 10.6. The van der Waals surface area contributed by atoms with E-state index in [1.54, 1.807) is 25.1 Å². The first-order valence-electron chi connectivity index (χ1n) is 8.82. The van der Waals surface area contributed by atoms with Crippen LogP contribution in [-0.4, -0.2) is 31.7 Å². The first kappa shape index (κ1) is 20.6. The van der Waals surface area contributed by atoms with Crippen molar-refractivity contribution in [3.8, 4) is 0 Å². The summed E-state index contributed by atoms with van der Waals surface area (Å²) in [5.74, 6) is 0.597. The molecule has 0 bridgehead atoms. The van der Waals surface area contributed by atoms with Gasteiger partial charge in [0.25, 0.3) is 10.1 Å². The molecule has 1 heterocycles. The molecule has 142 valence electrons. The van der Waals surface area contributed by atoms with Crippen molar-refractivity contribution in [3.05, 3.63) is 65.7 Å². The van der Waals surface area contributed by atoms with Crippen LogP contribution < -0.4 is 10.6 Å². The predicted octanol–water partition coefficient (Wildman–Crippen LogP) is 3.02. The highest BCUT2D eigenvalue weighted by atomic mass is 32.2. The lowest BCUT2D eigenvalue weighted by atomic mass is 9.90. The Balaban J connectivity index is 0.000000197. The Kier molecular flexibility index (Phi) is 6.94. The molecule has 1 aliphatic heterocycles. The van der Waals surface area contributed by atoms with E-state index in [2.05, 4.69) is 54.8 Å². The van der Waals surface area contributed by atoms with Gasteiger partial charge in [-0.15, -0.1) is 0 Å². The summed E-state index contributed by atoms with van der Waals surface area (Å²) >= 11 is 0. The summed E-state index contributed by atoms with van der Waals surface area (Å²) in [6, 6.07) is 17.0. The van der Waals surface area contributed by atoms with Gasteiger partial charge in [-0.25, -0.2) is 0 Å². The first-order chi connectivity index (χ1) is 12.2. The van der Waals surface area contributed by atoms with Crippen LogP contribution in [0.2, 0.25) is 0 Å². The number of aryl methyl sites for hydroxylation is 1. The van der Waals surface area contributed by atoms with E-state index in [1.807, 2.05) is 0 Å². The zero-order valence-corrected chi connectivity index (χ0v) is 16.4. The van der Waals surface area contributed by atoms with Crippen molar-refractivity contribution in [1.82, 2.24) is 10.6 Å². The van der Waals surface area contributed by atoms with E-state index in [1.165, 1.54) is 11.6 Å². The van der Waals surface area contributed by atoms with E-state index < -0.39 is 10.1 Å². The van der Waals surface area contributed by atoms with Crippen LogP contribution in [0, 0.1) is 12.8 Å². The highest BCUT2D eigenvalue weighted by molar-refractivity contribution is 7.85. The smallest absolute Gasteiger partial charge is 0.294 e. The summed E-state index contributed by atoms with van der Waals surface area (Å²) < 4.78 is 29.9. The van der Waals surface area contributed by atoms with Crippen molar-refractivity contribution in [2.75, 3.05) is 13.1 Å². The van der Waals surface area contributed by atoms with Gasteiger partial charge in [0, 0.05) is 19.5 Å². The zero-order chi connectivity index (χ0) is 19.2. The lowest BCUT2D eigenvalue weighted by Crippen LogP contribution is -2.55. The number of hydrogen-bond donors (Lipinski definition) is 3. The zero-order valence-electron chi connectivity index (χ0n) is 15.6. The third-order valence-electron chi connectivity index (χ3n) is 4.69. The van der Waals surface area contributed by atoms with Gasteiger partial charge in [0.1, 0.15) is 0 Å². The van der Waals surface area contributed by atoms with Gasteiger partial charge in [-0.05, 0) is 30.0 Å². The average molecular weight is 377 g/mol. The minimum atomic E-state index is -4.03. The molecule has 6 heteroatoms. The maximum Gasteiger partial charge on any atom is 0.294 e. The summed E-state index contributed by atoms with van der Waals surface area (Å²) in [6.07, 6.45) is 1.06. The molecular weight excluding hydrogens is 348 g/mol. The maximum atomic E-state index is 10.6. The molecule has 3 rings (SSSR count). The summed E-state index contributed by atoms with van der Waals surface area (Å²) in [7, 11) is -4.03. The Morgan fingerprint density at radius 3 is 2.00 bits per heavy atom. The van der Waals surface area contributed by atoms with Crippen molar-refractivity contribution in [3.63, 3.8) is 0 Å². The van der Waals surface area contributed by atoms with Crippen LogP contribution in [0.5, 0.6) is 0 Å². The van der Waals surface area contributed by atoms with E-state index in [0.717, 1.165) is 19.5 Å². The molecule has 2 aromatic carbocycles. The fraction of sp³-hybridized carbons (Fsp3) is 0.400. The molecule has 26 heavy (non-hydrogen) atoms. The second-order valence-corrected chi connectivity index (χ2v) is 8.27. The molecule has 0 unspecified atom stereocenters. The second-order valence-electron chi connectivity index (χ2n) is 6.88. The van der Waals surface area contributed by atoms with Crippen molar-refractivity contribution in [2.45, 2.75) is 37.8 Å². The first-order valence-corrected chi connectivity index (χ1v) is 10.3. The third kappa shape index (κ3) is 5.38. The molecule has 0 aromatic heterocycles. The molecule has 0 spiro atoms. The molecule has 1 aliphatic rings. The van der Waals surface area contributed by atoms with E-state index in [0.29, 0.717) is 11.5 Å². The molecule has 0 amide bonds. The van der Waals surface area contributed by atoms with Crippen molar-refractivity contribution in [1.29, 1.82) is 0 Å². The fourth-order valence-corrected chi connectivity index (χ4v) is 3.86. The Morgan fingerprint density at radius 1 is 1.00 bits per heavy atom. The standard InChI is InChI=1S/C13H20N2.C7H8O3S/c1-11(2)13(14-8-9-15-13)10-12-6-4-3-5-7-12;1-6-4-2-3-5-7(6)11(8,9)10/h3-7,11,14-15H,8-10H2,1-2H3;2-5H,1H3,(H,8,9,10). The number of nitrogens with one attached hydrogen (secondary N) is 2. The molecular formula is C20H28N2O3S. The normalized spacial score (nSPS) is 16.2. The Hall–Kier alpha value is -1.73. The highest BCUT2D eigenvalue weighted by Crippen LogP contribution is 2.22. The third-order valence-corrected chi connectivity index (χ3v) is 5.70. The molecule has 0 atom stereocenters. The van der Waals surface area contributed by atoms with Crippen LogP contribution >= 0.6 is 0 Å². The lowest BCUT2D eigenvalue weighted by Gasteiger charge is -2.34. The van der Waals surface area contributed by atoms with Crippen LogP contribution in [0.25, 0.3) is 0 Å². The molecule has 1 saturated heterocycles. The van der Waals surface area contributed by atoms with E-state index in [4.69, 9.17) is 4.55 Å². The van der Waals surface area contributed by atoms with Crippen molar-refractivity contribution in [2.24, 2.45) is 5.92 Å². The van der Waals surface area contributed by atoms with Crippen molar-refractivity contribution >= 4 is 10.1 Å². The quantitative estimate of drug-likeness (QED) is 0.715. The van der Waals surface area contributed by atoms with E-state index >= 15 is 0 Å². The Morgan fingerprint density at radius 2 is 1.54 bits per heavy atom. The predicted molar refractivity (Wildman–Crippen MR) is 105 cm³/mol. The molecule has 3 N–H and O–H groups in total. The van der Waals surface area contributed by atoms with Crippen LogP contribution in [0.3, 0.4) is 0 Å². The summed E-state index contributed by atoms with van der Waals surface area (Å²) in [4.78, 5) is -0.0278. The molecule has 0 aliphatic carbocycles. The molecule has 1 fully saturated rings. The minimum Gasteiger partial charge on any atom is -0.298 e. The summed E-state index contributed by atoms with van der Waals surface area (Å²) in [5.41, 5.74) is 2.05. The number of hydrogen-bond acceptors (Lipinski definition) is 4. The SMILES string of the molecule is CC(C)C1(Cc2ccccc2)NCCN1.Cc1ccccc1S(=O)(=O)O. The second kappa shape index (κ2) is 8.77. The van der Waals surface area contributed by atoms with Crippen LogP contribution in [-0.2, 0) is 16.5 Å². The van der Waals surface area contributed by atoms with Gasteiger partial charge in [0.15, 0.2) is 0 Å². The lowest BCUT2D eigenvalue weighted by molar-refractivity contribution is 0.236. The average Bonchev–Trinajstić information content (AvgIpc) is 3.06. The van der Waals surface area contributed by atoms with Gasteiger partial charge in [-0.1, -0.05) is 62.4 Å². The Bertz CT molecular complexity index is 799. The molecule has 5 nitrogen and oxygen atoms in total. The van der Waals surface area contributed by atoms with Crippen LogP contribution in [0.15, 0.2) is 59.5 Å². The molecule has 2 aromatic rings.